The van der Waals surface area contributed by atoms with Crippen LogP contribution in [-0.4, -0.2) is 11.7 Å². The molecule has 2 heteroatoms. The normalized spacial score (nSPS) is 12.2. The van der Waals surface area contributed by atoms with Crippen LogP contribution in [0.1, 0.15) is 31.1 Å². The molecule has 0 heterocycles. The molecule has 2 rings (SSSR count). The summed E-state index contributed by atoms with van der Waals surface area (Å²) in [7, 11) is 0. The van der Waals surface area contributed by atoms with E-state index in [9.17, 15) is 5.11 Å². The molecule has 0 spiro atoms. The molecule has 0 saturated carbocycles. The van der Waals surface area contributed by atoms with Crippen molar-refractivity contribution in [3.8, 4) is 0 Å². The fourth-order valence-electron chi connectivity index (χ4n) is 2.24. The van der Waals surface area contributed by atoms with Gasteiger partial charge in [0.2, 0.25) is 0 Å². The van der Waals surface area contributed by atoms with Crippen molar-refractivity contribution in [2.24, 2.45) is 0 Å². The molecule has 0 amide bonds. The van der Waals surface area contributed by atoms with E-state index in [1.165, 1.54) is 11.3 Å². The minimum atomic E-state index is -0.414. The molecular weight excluding hydrogens is 234 g/mol. The summed E-state index contributed by atoms with van der Waals surface area (Å²) in [5.41, 5.74) is 4.56. The van der Waals surface area contributed by atoms with E-state index in [1.54, 1.807) is 6.92 Å². The molecular formula is C17H21NO. The number of rotatable bonds is 4. The van der Waals surface area contributed by atoms with Crippen LogP contribution in [0.25, 0.3) is 0 Å². The topological polar surface area (TPSA) is 23.5 Å². The number of benzene rings is 2. The van der Waals surface area contributed by atoms with Crippen LogP contribution in [0.2, 0.25) is 0 Å². The largest absolute Gasteiger partial charge is 0.389 e. The lowest BCUT2D eigenvalue weighted by Crippen LogP contribution is -2.16. The summed E-state index contributed by atoms with van der Waals surface area (Å²) in [6.45, 7) is 6.95. The van der Waals surface area contributed by atoms with Gasteiger partial charge in [-0.1, -0.05) is 24.3 Å². The van der Waals surface area contributed by atoms with E-state index in [0.717, 1.165) is 17.8 Å². The molecule has 2 aromatic rings. The van der Waals surface area contributed by atoms with Crippen molar-refractivity contribution in [2.45, 2.75) is 26.9 Å². The van der Waals surface area contributed by atoms with Gasteiger partial charge >= 0.3 is 0 Å². The van der Waals surface area contributed by atoms with Crippen molar-refractivity contribution in [2.75, 3.05) is 11.4 Å². The Morgan fingerprint density at radius 2 is 1.74 bits per heavy atom. The SMILES string of the molecule is CCN(c1ccc([C@@H](C)O)cc1)c1cccc(C)c1. The van der Waals surface area contributed by atoms with Crippen molar-refractivity contribution in [1.29, 1.82) is 0 Å². The van der Waals surface area contributed by atoms with E-state index in [-0.39, 0.29) is 0 Å². The maximum atomic E-state index is 9.55. The predicted molar refractivity (Wildman–Crippen MR) is 80.9 cm³/mol. The molecule has 0 fully saturated rings. The second kappa shape index (κ2) is 5.89. The third kappa shape index (κ3) is 3.15. The number of nitrogens with zero attached hydrogens (tertiary/aromatic N) is 1. The molecule has 19 heavy (non-hydrogen) atoms. The Labute approximate surface area is 115 Å². The Balaban J connectivity index is 2.31. The number of hydrogen-bond acceptors (Lipinski definition) is 2. The second-order valence-corrected chi connectivity index (χ2v) is 4.85. The van der Waals surface area contributed by atoms with Crippen molar-refractivity contribution in [1.82, 2.24) is 0 Å². The quantitative estimate of drug-likeness (QED) is 0.884. The van der Waals surface area contributed by atoms with Crippen molar-refractivity contribution in [3.63, 3.8) is 0 Å². The Bertz CT molecular complexity index is 531. The molecule has 1 atom stereocenters. The van der Waals surface area contributed by atoms with E-state index in [0.29, 0.717) is 0 Å². The predicted octanol–water partition coefficient (Wildman–Crippen LogP) is 4.21. The van der Waals surface area contributed by atoms with Crippen LogP contribution >= 0.6 is 0 Å². The maximum absolute atomic E-state index is 9.55. The number of anilines is 2. The molecule has 0 radical (unpaired) electrons. The highest BCUT2D eigenvalue weighted by Gasteiger charge is 2.08. The zero-order chi connectivity index (χ0) is 13.8. The van der Waals surface area contributed by atoms with E-state index in [4.69, 9.17) is 0 Å². The summed E-state index contributed by atoms with van der Waals surface area (Å²) in [5.74, 6) is 0. The first-order valence-corrected chi connectivity index (χ1v) is 6.74. The van der Waals surface area contributed by atoms with E-state index >= 15 is 0 Å². The summed E-state index contributed by atoms with van der Waals surface area (Å²) < 4.78 is 0. The Hall–Kier alpha value is -1.80. The van der Waals surface area contributed by atoms with Gasteiger partial charge in [-0.25, -0.2) is 0 Å². The molecule has 0 unspecified atom stereocenters. The smallest absolute Gasteiger partial charge is 0.0761 e. The molecule has 2 aromatic carbocycles. The highest BCUT2D eigenvalue weighted by Crippen LogP contribution is 2.27. The second-order valence-electron chi connectivity index (χ2n) is 4.85. The van der Waals surface area contributed by atoms with Crippen molar-refractivity contribution >= 4 is 11.4 Å². The monoisotopic (exact) mass is 255 g/mol. The van der Waals surface area contributed by atoms with Crippen LogP contribution in [0.4, 0.5) is 11.4 Å². The standard InChI is InChI=1S/C17H21NO/c1-4-18(17-7-5-6-13(2)12-17)16-10-8-15(9-11-16)14(3)19/h5-12,14,19H,4H2,1-3H3/t14-/m1/s1. The van der Waals surface area contributed by atoms with Crippen LogP contribution in [0.15, 0.2) is 48.5 Å². The van der Waals surface area contributed by atoms with Gasteiger partial charge in [-0.2, -0.15) is 0 Å². The van der Waals surface area contributed by atoms with Crippen LogP contribution in [0, 0.1) is 6.92 Å². The average molecular weight is 255 g/mol. The van der Waals surface area contributed by atoms with Gasteiger partial charge in [0.05, 0.1) is 6.10 Å². The zero-order valence-electron chi connectivity index (χ0n) is 11.8. The van der Waals surface area contributed by atoms with Gasteiger partial charge in [-0.05, 0) is 56.2 Å². The summed E-state index contributed by atoms with van der Waals surface area (Å²) in [4.78, 5) is 2.26. The number of aliphatic hydroxyl groups excluding tert-OH is 1. The van der Waals surface area contributed by atoms with E-state index < -0.39 is 6.10 Å². The van der Waals surface area contributed by atoms with Gasteiger partial charge < -0.3 is 10.0 Å². The maximum Gasteiger partial charge on any atom is 0.0761 e. The van der Waals surface area contributed by atoms with Crippen molar-refractivity contribution < 1.29 is 5.11 Å². The Kier molecular flexibility index (Phi) is 4.23. The Morgan fingerprint density at radius 1 is 1.05 bits per heavy atom. The fourth-order valence-corrected chi connectivity index (χ4v) is 2.24. The van der Waals surface area contributed by atoms with E-state index in [1.807, 2.05) is 12.1 Å². The highest BCUT2D eigenvalue weighted by molar-refractivity contribution is 5.64. The van der Waals surface area contributed by atoms with Gasteiger partial charge in [0.25, 0.3) is 0 Å². The van der Waals surface area contributed by atoms with E-state index in [2.05, 4.69) is 55.1 Å². The van der Waals surface area contributed by atoms with Crippen LogP contribution in [0.5, 0.6) is 0 Å². The van der Waals surface area contributed by atoms with Crippen LogP contribution < -0.4 is 4.90 Å². The molecule has 0 aliphatic heterocycles. The summed E-state index contributed by atoms with van der Waals surface area (Å²) >= 11 is 0. The first kappa shape index (κ1) is 13.6. The lowest BCUT2D eigenvalue weighted by Gasteiger charge is -2.24. The minimum Gasteiger partial charge on any atom is -0.389 e. The summed E-state index contributed by atoms with van der Waals surface area (Å²) in [6, 6.07) is 16.6. The summed E-state index contributed by atoms with van der Waals surface area (Å²) in [5, 5.41) is 9.55. The molecule has 2 nitrogen and oxygen atoms in total. The fraction of sp³-hybridized carbons (Fsp3) is 0.294. The molecule has 0 saturated heterocycles. The first-order chi connectivity index (χ1) is 9.11. The molecule has 0 aliphatic rings. The van der Waals surface area contributed by atoms with Gasteiger partial charge in [0.1, 0.15) is 0 Å². The third-order valence-corrected chi connectivity index (χ3v) is 3.32. The van der Waals surface area contributed by atoms with Gasteiger partial charge in [-0.3, -0.25) is 0 Å². The first-order valence-electron chi connectivity index (χ1n) is 6.74. The molecule has 1 N–H and O–H groups in total. The lowest BCUT2D eigenvalue weighted by molar-refractivity contribution is 0.199. The molecule has 0 aromatic heterocycles. The van der Waals surface area contributed by atoms with Crippen LogP contribution in [-0.2, 0) is 0 Å². The molecule has 0 aliphatic carbocycles. The number of hydrogen-bond donors (Lipinski definition) is 1. The highest BCUT2D eigenvalue weighted by atomic mass is 16.3. The Morgan fingerprint density at radius 3 is 2.26 bits per heavy atom. The number of aryl methyl sites for hydroxylation is 1. The zero-order valence-corrected chi connectivity index (χ0v) is 11.8. The number of aliphatic hydroxyl groups is 1. The minimum absolute atomic E-state index is 0.414. The average Bonchev–Trinajstić information content (AvgIpc) is 2.40. The van der Waals surface area contributed by atoms with Gasteiger partial charge in [-0.15, -0.1) is 0 Å². The van der Waals surface area contributed by atoms with Crippen molar-refractivity contribution in [3.05, 3.63) is 59.7 Å². The van der Waals surface area contributed by atoms with Gasteiger partial charge in [0.15, 0.2) is 0 Å². The van der Waals surface area contributed by atoms with Gasteiger partial charge in [0, 0.05) is 17.9 Å². The molecule has 0 bridgehead atoms. The third-order valence-electron chi connectivity index (χ3n) is 3.32. The lowest BCUT2D eigenvalue weighted by atomic mass is 10.1. The molecule has 100 valence electrons. The van der Waals surface area contributed by atoms with Crippen LogP contribution in [0.3, 0.4) is 0 Å². The summed E-state index contributed by atoms with van der Waals surface area (Å²) in [6.07, 6.45) is -0.414.